The summed E-state index contributed by atoms with van der Waals surface area (Å²) < 4.78 is 0. The third kappa shape index (κ3) is 0.835. The van der Waals surface area contributed by atoms with E-state index >= 15 is 0 Å². The van der Waals surface area contributed by atoms with Crippen molar-refractivity contribution in [3.8, 4) is 0 Å². The Morgan fingerprint density at radius 1 is 1.18 bits per heavy atom. The molecule has 0 amide bonds. The van der Waals surface area contributed by atoms with Crippen LogP contribution < -0.4 is 0 Å². The maximum atomic E-state index is 10.5. The lowest BCUT2D eigenvalue weighted by molar-refractivity contribution is 0.0697. The van der Waals surface area contributed by atoms with Crippen molar-refractivity contribution in [2.45, 2.75) is 0 Å². The Morgan fingerprint density at radius 2 is 1.91 bits per heavy atom. The molecule has 0 aromatic heterocycles. The number of carbonyl (C=O) groups is 1. The Labute approximate surface area is 63.8 Å². The second-order valence-electron chi connectivity index (χ2n) is 2.48. The van der Waals surface area contributed by atoms with Crippen molar-refractivity contribution in [2.24, 2.45) is 0 Å². The minimum atomic E-state index is -0.867. The highest BCUT2D eigenvalue weighted by atomic mass is 16.4. The van der Waals surface area contributed by atoms with Crippen LogP contribution in [0.15, 0.2) is 18.2 Å². The van der Waals surface area contributed by atoms with Crippen molar-refractivity contribution in [3.63, 3.8) is 0 Å². The van der Waals surface area contributed by atoms with Crippen LogP contribution in [-0.2, 0) is 0 Å². The molecule has 0 fully saturated rings. The summed E-state index contributed by atoms with van der Waals surface area (Å²) in [7, 11) is 0. The fourth-order valence-corrected chi connectivity index (χ4v) is 1.09. The average molecular weight is 146 g/mol. The molecule has 1 aromatic rings. The van der Waals surface area contributed by atoms with E-state index in [4.69, 9.17) is 5.11 Å². The smallest absolute Gasteiger partial charge is 0.335 e. The normalized spacial score (nSPS) is 12.0. The molecule has 0 aliphatic heterocycles. The van der Waals surface area contributed by atoms with Gasteiger partial charge in [-0.15, -0.1) is 0 Å². The molecular weight excluding hydrogens is 140 g/mol. The van der Waals surface area contributed by atoms with Crippen LogP contribution in [0.3, 0.4) is 0 Å². The summed E-state index contributed by atoms with van der Waals surface area (Å²) >= 11 is 0. The molecule has 11 heavy (non-hydrogen) atoms. The number of aromatic carboxylic acids is 1. The van der Waals surface area contributed by atoms with Crippen LogP contribution in [-0.4, -0.2) is 11.1 Å². The minimum Gasteiger partial charge on any atom is -0.478 e. The summed E-state index contributed by atoms with van der Waals surface area (Å²) in [5.41, 5.74) is 2.49. The van der Waals surface area contributed by atoms with E-state index in [1.807, 2.05) is 18.2 Å². The number of benzene rings is 1. The van der Waals surface area contributed by atoms with Gasteiger partial charge in [-0.25, -0.2) is 4.79 Å². The van der Waals surface area contributed by atoms with Gasteiger partial charge in [0.2, 0.25) is 0 Å². The molecule has 0 unspecified atom stereocenters. The highest BCUT2D eigenvalue weighted by Crippen LogP contribution is 2.23. The lowest BCUT2D eigenvalue weighted by Gasteiger charge is -2.09. The van der Waals surface area contributed by atoms with Crippen LogP contribution in [0.1, 0.15) is 21.5 Å². The fraction of sp³-hybridized carbons (Fsp3) is 0. The summed E-state index contributed by atoms with van der Waals surface area (Å²) in [5, 5.41) is 8.60. The Morgan fingerprint density at radius 3 is 2.36 bits per heavy atom. The maximum absolute atomic E-state index is 10.5. The number of fused-ring (bicyclic) bond motifs is 1. The topological polar surface area (TPSA) is 37.3 Å². The predicted molar refractivity (Wildman–Crippen MR) is 42.3 cm³/mol. The molecule has 1 N–H and O–H groups in total. The first-order valence-electron chi connectivity index (χ1n) is 3.33. The summed E-state index contributed by atoms with van der Waals surface area (Å²) in [6.07, 6.45) is 3.86. The van der Waals surface area contributed by atoms with E-state index in [0.29, 0.717) is 5.56 Å². The van der Waals surface area contributed by atoms with Crippen molar-refractivity contribution < 1.29 is 9.90 Å². The quantitative estimate of drug-likeness (QED) is 0.666. The zero-order chi connectivity index (χ0) is 7.84. The first-order valence-corrected chi connectivity index (χ1v) is 3.33. The van der Waals surface area contributed by atoms with Gasteiger partial charge >= 0.3 is 5.97 Å². The summed E-state index contributed by atoms with van der Waals surface area (Å²) in [4.78, 5) is 10.5. The van der Waals surface area contributed by atoms with E-state index in [2.05, 4.69) is 0 Å². The Hall–Kier alpha value is -1.57. The van der Waals surface area contributed by atoms with Crippen LogP contribution in [0.4, 0.5) is 0 Å². The molecule has 0 spiro atoms. The molecule has 2 heteroatoms. The molecule has 1 aliphatic rings. The maximum Gasteiger partial charge on any atom is 0.335 e. The highest BCUT2D eigenvalue weighted by Gasteiger charge is 2.08. The average Bonchev–Trinajstić information content (AvgIpc) is 1.91. The van der Waals surface area contributed by atoms with Gasteiger partial charge in [-0.2, -0.15) is 0 Å². The third-order valence-corrected chi connectivity index (χ3v) is 1.78. The number of carboxylic acid groups (broad SMARTS) is 1. The molecule has 0 atom stereocenters. The summed E-state index contributed by atoms with van der Waals surface area (Å²) in [6.45, 7) is 0. The molecule has 2 rings (SSSR count). The summed E-state index contributed by atoms with van der Waals surface area (Å²) in [6, 6.07) is 5.11. The second-order valence-corrected chi connectivity index (χ2v) is 2.48. The first kappa shape index (κ1) is 6.16. The van der Waals surface area contributed by atoms with Crippen molar-refractivity contribution in [1.29, 1.82) is 0 Å². The van der Waals surface area contributed by atoms with Gasteiger partial charge in [0.15, 0.2) is 0 Å². The molecule has 54 valence electrons. The minimum absolute atomic E-state index is 0.355. The summed E-state index contributed by atoms with van der Waals surface area (Å²) in [5.74, 6) is -0.867. The number of hydrogen-bond acceptors (Lipinski definition) is 1. The zero-order valence-electron chi connectivity index (χ0n) is 5.74. The highest BCUT2D eigenvalue weighted by molar-refractivity contribution is 5.93. The van der Waals surface area contributed by atoms with Gasteiger partial charge < -0.3 is 5.11 Å². The van der Waals surface area contributed by atoms with Gasteiger partial charge in [-0.05, 0) is 23.3 Å². The van der Waals surface area contributed by atoms with Crippen molar-refractivity contribution in [3.05, 3.63) is 34.9 Å². The van der Waals surface area contributed by atoms with Crippen LogP contribution in [0.25, 0.3) is 12.2 Å². The van der Waals surface area contributed by atoms with Gasteiger partial charge in [0.25, 0.3) is 0 Å². The first-order chi connectivity index (χ1) is 5.27. The Balaban J connectivity index is 2.50. The lowest BCUT2D eigenvalue weighted by Crippen LogP contribution is -1.99. The monoisotopic (exact) mass is 146 g/mol. The van der Waals surface area contributed by atoms with Gasteiger partial charge in [0.05, 0.1) is 5.56 Å². The predicted octanol–water partition coefficient (Wildman–Crippen LogP) is 1.87. The van der Waals surface area contributed by atoms with Gasteiger partial charge in [-0.1, -0.05) is 18.2 Å². The largest absolute Gasteiger partial charge is 0.478 e. The van der Waals surface area contributed by atoms with E-state index in [1.165, 1.54) is 0 Å². The molecule has 0 radical (unpaired) electrons. The van der Waals surface area contributed by atoms with E-state index in [-0.39, 0.29) is 0 Å². The zero-order valence-corrected chi connectivity index (χ0v) is 5.74. The van der Waals surface area contributed by atoms with Crippen molar-refractivity contribution in [1.82, 2.24) is 0 Å². The molecular formula is C9H6O2. The molecule has 0 saturated heterocycles. The van der Waals surface area contributed by atoms with Gasteiger partial charge in [0, 0.05) is 0 Å². The number of hydrogen-bond donors (Lipinski definition) is 1. The van der Waals surface area contributed by atoms with Crippen molar-refractivity contribution in [2.75, 3.05) is 0 Å². The lowest BCUT2D eigenvalue weighted by atomic mass is 9.96. The van der Waals surface area contributed by atoms with E-state index in [0.717, 1.165) is 11.1 Å². The fourth-order valence-electron chi connectivity index (χ4n) is 1.09. The third-order valence-electron chi connectivity index (χ3n) is 1.78. The second kappa shape index (κ2) is 1.95. The van der Waals surface area contributed by atoms with E-state index in [9.17, 15) is 4.79 Å². The molecule has 2 nitrogen and oxygen atoms in total. The molecule has 0 bridgehead atoms. The van der Waals surface area contributed by atoms with E-state index < -0.39 is 5.97 Å². The Kier molecular flexibility index (Phi) is 1.09. The standard InChI is InChI=1S/C9H6O2/c10-9(11)8-4-2-6-1-3-7(6)5-8/h1-5H,(H,10,11). The Bertz CT molecular complexity index is 351. The van der Waals surface area contributed by atoms with Gasteiger partial charge in [-0.3, -0.25) is 0 Å². The van der Waals surface area contributed by atoms with Crippen LogP contribution >= 0.6 is 0 Å². The molecule has 1 aromatic carbocycles. The SMILES string of the molecule is O=C(O)c1ccc2c(c1)C=C2. The van der Waals surface area contributed by atoms with Crippen molar-refractivity contribution >= 4 is 18.1 Å². The number of carboxylic acids is 1. The number of rotatable bonds is 1. The van der Waals surface area contributed by atoms with E-state index in [1.54, 1.807) is 12.1 Å². The van der Waals surface area contributed by atoms with Crippen LogP contribution in [0.5, 0.6) is 0 Å². The van der Waals surface area contributed by atoms with Crippen LogP contribution in [0, 0.1) is 0 Å². The molecule has 0 heterocycles. The molecule has 0 saturated carbocycles. The van der Waals surface area contributed by atoms with Gasteiger partial charge in [0.1, 0.15) is 0 Å². The van der Waals surface area contributed by atoms with Crippen LogP contribution in [0.2, 0.25) is 0 Å². The molecule has 1 aliphatic carbocycles.